The maximum Gasteiger partial charge on any atom is 0.228 e. The molecule has 0 aliphatic heterocycles. The van der Waals surface area contributed by atoms with Crippen LogP contribution in [0.4, 0.5) is 4.39 Å². The van der Waals surface area contributed by atoms with Crippen molar-refractivity contribution in [1.82, 2.24) is 14.5 Å². The summed E-state index contributed by atoms with van der Waals surface area (Å²) in [6, 6.07) is 40.6. The number of hydrogen-bond donors (Lipinski definition) is 0. The van der Waals surface area contributed by atoms with Gasteiger partial charge in [-0.25, -0.2) is 14.4 Å². The van der Waals surface area contributed by atoms with Gasteiger partial charge in [0, 0.05) is 31.1 Å². The van der Waals surface area contributed by atoms with Crippen LogP contribution < -0.4 is 0 Å². The van der Waals surface area contributed by atoms with Crippen LogP contribution in [0.15, 0.2) is 126 Å². The monoisotopic (exact) mass is 639 g/mol. The van der Waals surface area contributed by atoms with Crippen LogP contribution in [-0.2, 0) is 0 Å². The second-order valence-electron chi connectivity index (χ2n) is 12.4. The number of halogens is 1. The first-order valence-electron chi connectivity index (χ1n) is 15.9. The first-order chi connectivity index (χ1) is 23.5. The number of imidazole rings is 1. The summed E-state index contributed by atoms with van der Waals surface area (Å²) in [6.45, 7) is 4.38. The minimum absolute atomic E-state index is 0.353. The molecule has 6 aromatic carbocycles. The van der Waals surface area contributed by atoms with Crippen LogP contribution in [0.3, 0.4) is 0 Å². The fourth-order valence-electron chi connectivity index (χ4n) is 7.42. The molecule has 10 rings (SSSR count). The predicted molar refractivity (Wildman–Crippen MR) is 197 cm³/mol. The molecule has 0 bridgehead atoms. The number of fused-ring (bicyclic) bond motifs is 9. The van der Waals surface area contributed by atoms with E-state index in [9.17, 15) is 0 Å². The van der Waals surface area contributed by atoms with Gasteiger partial charge >= 0.3 is 0 Å². The first-order valence-corrected chi connectivity index (χ1v) is 16.8. The quantitative estimate of drug-likeness (QED) is 0.193. The van der Waals surface area contributed by atoms with Crippen molar-refractivity contribution in [1.29, 1.82) is 0 Å². The molecule has 0 radical (unpaired) electrons. The molecule has 0 spiro atoms. The lowest BCUT2D eigenvalue weighted by Gasteiger charge is -2.17. The van der Waals surface area contributed by atoms with Gasteiger partial charge in [0.15, 0.2) is 5.58 Å². The van der Waals surface area contributed by atoms with Crippen molar-refractivity contribution in [2.24, 2.45) is 0 Å². The minimum atomic E-state index is -0.353. The van der Waals surface area contributed by atoms with Gasteiger partial charge in [-0.15, -0.1) is 11.3 Å². The summed E-state index contributed by atoms with van der Waals surface area (Å²) in [5.74, 6) is 0.342. The number of rotatable bonds is 3. The molecule has 4 aromatic heterocycles. The Morgan fingerprint density at radius 1 is 0.708 bits per heavy atom. The summed E-state index contributed by atoms with van der Waals surface area (Å²) in [5, 5.41) is 5.79. The van der Waals surface area contributed by atoms with E-state index < -0.39 is 0 Å². The highest BCUT2D eigenvalue weighted by Crippen LogP contribution is 2.44. The molecular formula is C42H26FN3OS. The molecule has 0 fully saturated rings. The maximum absolute atomic E-state index is 15.8. The molecule has 10 aromatic rings. The predicted octanol–water partition coefficient (Wildman–Crippen LogP) is 11.9. The SMILES string of the molecule is Cc1cc2c(sc3ccccc32)c(C)c1-n1c(-c2ccc(F)c3c2oc2nc(-c4ccccc4)ccc23)nc2ccc3ccccc3c21. The second kappa shape index (κ2) is 10.1. The van der Waals surface area contributed by atoms with E-state index in [4.69, 9.17) is 14.4 Å². The molecule has 0 N–H and O–H groups in total. The highest BCUT2D eigenvalue weighted by atomic mass is 32.1. The summed E-state index contributed by atoms with van der Waals surface area (Å²) >= 11 is 1.82. The third kappa shape index (κ3) is 3.81. The molecule has 6 heteroatoms. The molecule has 0 atom stereocenters. The van der Waals surface area contributed by atoms with Crippen LogP contribution in [-0.4, -0.2) is 14.5 Å². The van der Waals surface area contributed by atoms with E-state index in [-0.39, 0.29) is 5.82 Å². The number of nitrogens with zero attached hydrogens (tertiary/aromatic N) is 3. The molecule has 0 unspecified atom stereocenters. The Morgan fingerprint density at radius 3 is 2.38 bits per heavy atom. The average molecular weight is 640 g/mol. The molecule has 48 heavy (non-hydrogen) atoms. The third-order valence-corrected chi connectivity index (χ3v) is 10.9. The van der Waals surface area contributed by atoms with Crippen molar-refractivity contribution >= 4 is 75.4 Å². The van der Waals surface area contributed by atoms with Crippen LogP contribution in [0.5, 0.6) is 0 Å². The van der Waals surface area contributed by atoms with Crippen molar-refractivity contribution in [2.75, 3.05) is 0 Å². The van der Waals surface area contributed by atoms with Crippen molar-refractivity contribution in [3.05, 3.63) is 138 Å². The Labute approximate surface area is 278 Å². The normalized spacial score (nSPS) is 12.1. The van der Waals surface area contributed by atoms with Gasteiger partial charge in [-0.2, -0.15) is 0 Å². The number of aryl methyl sites for hydroxylation is 2. The number of aromatic nitrogens is 3. The Bertz CT molecular complexity index is 2930. The fourth-order valence-corrected chi connectivity index (χ4v) is 8.61. The van der Waals surface area contributed by atoms with E-state index in [0.717, 1.165) is 44.3 Å². The van der Waals surface area contributed by atoms with Crippen molar-refractivity contribution in [2.45, 2.75) is 13.8 Å². The largest absolute Gasteiger partial charge is 0.437 e. The van der Waals surface area contributed by atoms with Gasteiger partial charge in [0.2, 0.25) is 5.71 Å². The lowest BCUT2D eigenvalue weighted by Crippen LogP contribution is -2.03. The number of furan rings is 1. The summed E-state index contributed by atoms with van der Waals surface area (Å²) in [4.78, 5) is 10.1. The van der Waals surface area contributed by atoms with Crippen LogP contribution in [0.2, 0.25) is 0 Å². The zero-order valence-electron chi connectivity index (χ0n) is 26.1. The molecule has 0 amide bonds. The van der Waals surface area contributed by atoms with E-state index in [1.54, 1.807) is 6.07 Å². The van der Waals surface area contributed by atoms with Gasteiger partial charge in [0.25, 0.3) is 0 Å². The number of benzene rings is 6. The first kappa shape index (κ1) is 27.3. The standard InChI is InChI=1S/C42H26FN3OS/c1-23-22-31-28-14-8-9-15-35(28)48-40(31)24(2)37(23)46-38-27-13-7-6-10-25(27)16-20-34(38)44-41(46)30-17-19-32(43)36-29-18-21-33(26-11-4-3-5-12-26)45-42(29)47-39(30)36/h3-22H,1-2H3. The summed E-state index contributed by atoms with van der Waals surface area (Å²) < 4.78 is 27.1. The van der Waals surface area contributed by atoms with E-state index in [1.807, 2.05) is 53.8 Å². The van der Waals surface area contributed by atoms with Gasteiger partial charge in [-0.05, 0) is 72.8 Å². The highest BCUT2D eigenvalue weighted by Gasteiger charge is 2.26. The summed E-state index contributed by atoms with van der Waals surface area (Å²) in [5.41, 5.74) is 8.52. The molecule has 0 saturated carbocycles. The van der Waals surface area contributed by atoms with E-state index in [2.05, 4.69) is 85.1 Å². The third-order valence-electron chi connectivity index (χ3n) is 9.57. The Morgan fingerprint density at radius 2 is 1.50 bits per heavy atom. The second-order valence-corrected chi connectivity index (χ2v) is 13.4. The lowest BCUT2D eigenvalue weighted by molar-refractivity contribution is 0.631. The Balaban J connectivity index is 1.32. The fraction of sp³-hybridized carbons (Fsp3) is 0.0476. The number of pyridine rings is 1. The topological polar surface area (TPSA) is 43.9 Å². The molecule has 0 aliphatic rings. The van der Waals surface area contributed by atoms with Gasteiger partial charge in [-0.1, -0.05) is 78.9 Å². The van der Waals surface area contributed by atoms with Crippen molar-refractivity contribution in [3.63, 3.8) is 0 Å². The van der Waals surface area contributed by atoms with Crippen LogP contribution in [0.25, 0.3) is 92.4 Å². The van der Waals surface area contributed by atoms with Crippen molar-refractivity contribution < 1.29 is 8.81 Å². The molecule has 4 nitrogen and oxygen atoms in total. The van der Waals surface area contributed by atoms with Crippen LogP contribution >= 0.6 is 11.3 Å². The van der Waals surface area contributed by atoms with Gasteiger partial charge < -0.3 is 4.42 Å². The van der Waals surface area contributed by atoms with Crippen LogP contribution in [0, 0.1) is 19.7 Å². The Kier molecular flexibility index (Phi) is 5.72. The smallest absolute Gasteiger partial charge is 0.228 e. The molecule has 0 aliphatic carbocycles. The van der Waals surface area contributed by atoms with E-state index >= 15 is 4.39 Å². The Hall–Kier alpha value is -5.85. The lowest BCUT2D eigenvalue weighted by atomic mass is 10.0. The zero-order chi connectivity index (χ0) is 32.1. The van der Waals surface area contributed by atoms with E-state index in [0.29, 0.717) is 33.5 Å². The molecule has 4 heterocycles. The van der Waals surface area contributed by atoms with Crippen molar-refractivity contribution in [3.8, 4) is 28.3 Å². The number of hydrogen-bond acceptors (Lipinski definition) is 4. The van der Waals surface area contributed by atoms with E-state index in [1.165, 1.54) is 31.8 Å². The van der Waals surface area contributed by atoms with Gasteiger partial charge in [-0.3, -0.25) is 4.57 Å². The highest BCUT2D eigenvalue weighted by molar-refractivity contribution is 7.26. The number of thiophene rings is 1. The van der Waals surface area contributed by atoms with Gasteiger partial charge in [0.05, 0.1) is 38.8 Å². The molecular weight excluding hydrogens is 614 g/mol. The summed E-state index contributed by atoms with van der Waals surface area (Å²) in [6.07, 6.45) is 0. The zero-order valence-corrected chi connectivity index (χ0v) is 26.9. The minimum Gasteiger partial charge on any atom is -0.437 e. The van der Waals surface area contributed by atoms with Crippen LogP contribution in [0.1, 0.15) is 11.1 Å². The molecule has 0 saturated heterocycles. The summed E-state index contributed by atoms with van der Waals surface area (Å²) in [7, 11) is 0. The van der Waals surface area contributed by atoms with Gasteiger partial charge in [0.1, 0.15) is 11.6 Å². The average Bonchev–Trinajstić information content (AvgIpc) is 3.81. The molecule has 228 valence electrons. The maximum atomic E-state index is 15.8.